The fourth-order valence-electron chi connectivity index (χ4n) is 3.07. The Kier molecular flexibility index (Phi) is 4.24. The molecule has 136 valence electrons. The Labute approximate surface area is 159 Å². The van der Waals surface area contributed by atoms with Crippen LogP contribution in [0.25, 0.3) is 10.6 Å². The number of hydrogen-bond donors (Lipinski definition) is 1. The van der Waals surface area contributed by atoms with Crippen LogP contribution in [0, 0.1) is 5.82 Å². The first-order valence-electron chi connectivity index (χ1n) is 8.37. The fraction of sp³-hybridized carbons (Fsp3) is 0.150. The first-order valence-corrected chi connectivity index (χ1v) is 9.25. The van der Waals surface area contributed by atoms with Crippen molar-refractivity contribution in [3.05, 3.63) is 77.1 Å². The third-order valence-corrected chi connectivity index (χ3v) is 5.53. The Bertz CT molecular complexity index is 1000. The number of rotatable bonds is 4. The highest BCUT2D eigenvalue weighted by atomic mass is 32.1. The lowest BCUT2D eigenvalue weighted by Gasteiger charge is -2.21. The number of halogens is 1. The van der Waals surface area contributed by atoms with Crippen molar-refractivity contribution >= 4 is 23.3 Å². The summed E-state index contributed by atoms with van der Waals surface area (Å²) in [6, 6.07) is 14.8. The smallest absolute Gasteiger partial charge is 0.319 e. The number of amides is 3. The predicted octanol–water partition coefficient (Wildman–Crippen LogP) is 3.92. The second kappa shape index (κ2) is 6.59. The molecule has 0 bridgehead atoms. The molecule has 1 N–H and O–H groups in total. The lowest BCUT2D eigenvalue weighted by atomic mass is 9.92. The molecule has 1 aliphatic heterocycles. The van der Waals surface area contributed by atoms with Gasteiger partial charge in [-0.3, -0.25) is 9.69 Å². The molecule has 4 rings (SSSR count). The van der Waals surface area contributed by atoms with Gasteiger partial charge in [-0.2, -0.15) is 0 Å². The van der Waals surface area contributed by atoms with Crippen LogP contribution < -0.4 is 5.32 Å². The lowest BCUT2D eigenvalue weighted by Crippen LogP contribution is -2.40. The Morgan fingerprint density at radius 1 is 1.11 bits per heavy atom. The second-order valence-corrected chi connectivity index (χ2v) is 7.32. The zero-order valence-electron chi connectivity index (χ0n) is 14.5. The highest BCUT2D eigenvalue weighted by Crippen LogP contribution is 2.30. The van der Waals surface area contributed by atoms with E-state index >= 15 is 0 Å². The van der Waals surface area contributed by atoms with E-state index in [9.17, 15) is 14.0 Å². The third kappa shape index (κ3) is 3.10. The molecule has 7 heteroatoms. The average Bonchev–Trinajstić information content (AvgIpc) is 3.23. The average molecular weight is 381 g/mol. The third-order valence-electron chi connectivity index (χ3n) is 4.59. The summed E-state index contributed by atoms with van der Waals surface area (Å²) in [5.41, 5.74) is 1.05. The minimum Gasteiger partial charge on any atom is -0.319 e. The zero-order chi connectivity index (χ0) is 19.0. The molecule has 1 aliphatic rings. The van der Waals surface area contributed by atoms with Crippen LogP contribution >= 0.6 is 11.3 Å². The van der Waals surface area contributed by atoms with Crippen molar-refractivity contribution in [3.63, 3.8) is 0 Å². The summed E-state index contributed by atoms with van der Waals surface area (Å²) < 4.78 is 13.1. The molecule has 1 saturated heterocycles. The summed E-state index contributed by atoms with van der Waals surface area (Å²) in [6.07, 6.45) is 0. The van der Waals surface area contributed by atoms with Crippen LogP contribution in [0.1, 0.15) is 18.2 Å². The van der Waals surface area contributed by atoms with Crippen molar-refractivity contribution in [2.45, 2.75) is 19.0 Å². The van der Waals surface area contributed by atoms with E-state index in [4.69, 9.17) is 0 Å². The maximum absolute atomic E-state index is 13.1. The van der Waals surface area contributed by atoms with Crippen molar-refractivity contribution in [1.29, 1.82) is 0 Å². The molecule has 1 fully saturated rings. The number of hydrogen-bond acceptors (Lipinski definition) is 4. The van der Waals surface area contributed by atoms with E-state index < -0.39 is 11.6 Å². The fourth-order valence-corrected chi connectivity index (χ4v) is 3.89. The monoisotopic (exact) mass is 381 g/mol. The molecular formula is C20H16FN3O2S. The van der Waals surface area contributed by atoms with E-state index in [1.54, 1.807) is 24.4 Å². The Morgan fingerprint density at radius 2 is 1.81 bits per heavy atom. The van der Waals surface area contributed by atoms with Crippen LogP contribution in [-0.4, -0.2) is 21.8 Å². The highest BCUT2D eigenvalue weighted by Gasteiger charge is 2.48. The van der Waals surface area contributed by atoms with E-state index in [0.29, 0.717) is 10.7 Å². The quantitative estimate of drug-likeness (QED) is 0.697. The number of nitrogens with zero attached hydrogens (tertiary/aromatic N) is 2. The zero-order valence-corrected chi connectivity index (χ0v) is 15.3. The van der Waals surface area contributed by atoms with Crippen LogP contribution in [-0.2, 0) is 16.9 Å². The van der Waals surface area contributed by atoms with Gasteiger partial charge in [-0.05, 0) is 36.8 Å². The minimum atomic E-state index is -1.09. The summed E-state index contributed by atoms with van der Waals surface area (Å²) in [7, 11) is 0. The van der Waals surface area contributed by atoms with Crippen molar-refractivity contribution in [2.75, 3.05) is 0 Å². The van der Waals surface area contributed by atoms with Gasteiger partial charge in [-0.15, -0.1) is 11.3 Å². The predicted molar refractivity (Wildman–Crippen MR) is 100 cm³/mol. The summed E-state index contributed by atoms with van der Waals surface area (Å²) in [5, 5.41) is 5.30. The Morgan fingerprint density at radius 3 is 2.52 bits per heavy atom. The van der Waals surface area contributed by atoms with Gasteiger partial charge in [-0.25, -0.2) is 14.2 Å². The normalized spacial score (nSPS) is 19.4. The molecule has 2 heterocycles. The first kappa shape index (κ1) is 17.4. The molecule has 2 aromatic carbocycles. The van der Waals surface area contributed by atoms with Crippen LogP contribution in [0.5, 0.6) is 0 Å². The van der Waals surface area contributed by atoms with Gasteiger partial charge in [-0.1, -0.05) is 30.3 Å². The van der Waals surface area contributed by atoms with Gasteiger partial charge in [0.2, 0.25) is 0 Å². The van der Waals surface area contributed by atoms with Crippen molar-refractivity contribution < 1.29 is 14.0 Å². The molecule has 1 atom stereocenters. The number of urea groups is 1. The molecule has 0 aliphatic carbocycles. The van der Waals surface area contributed by atoms with Gasteiger partial charge in [0.25, 0.3) is 5.91 Å². The van der Waals surface area contributed by atoms with Gasteiger partial charge >= 0.3 is 6.03 Å². The number of imide groups is 1. The molecule has 3 amide bonds. The Balaban J connectivity index is 1.56. The van der Waals surface area contributed by atoms with Gasteiger partial charge < -0.3 is 5.32 Å². The maximum atomic E-state index is 13.1. The SMILES string of the molecule is CC1(c2ccccc2)NC(=O)N(Cc2csc(-c3ccc(F)cc3)n2)C1=O. The van der Waals surface area contributed by atoms with Crippen molar-refractivity contribution in [3.8, 4) is 10.6 Å². The molecule has 5 nitrogen and oxygen atoms in total. The molecule has 0 radical (unpaired) electrons. The first-order chi connectivity index (χ1) is 13.0. The van der Waals surface area contributed by atoms with Crippen LogP contribution in [0.2, 0.25) is 0 Å². The number of benzene rings is 2. The molecule has 0 saturated carbocycles. The number of carbonyl (C=O) groups excluding carboxylic acids is 2. The molecule has 1 aromatic heterocycles. The number of thiazole rings is 1. The molecule has 27 heavy (non-hydrogen) atoms. The number of carbonyl (C=O) groups is 2. The summed E-state index contributed by atoms with van der Waals surface area (Å²) >= 11 is 1.39. The van der Waals surface area contributed by atoms with E-state index in [1.165, 1.54) is 28.4 Å². The molecular weight excluding hydrogens is 365 g/mol. The summed E-state index contributed by atoms with van der Waals surface area (Å²) in [4.78, 5) is 31.0. The summed E-state index contributed by atoms with van der Waals surface area (Å²) in [6.45, 7) is 1.79. The highest BCUT2D eigenvalue weighted by molar-refractivity contribution is 7.13. The molecule has 0 spiro atoms. The largest absolute Gasteiger partial charge is 0.325 e. The van der Waals surface area contributed by atoms with Crippen LogP contribution in [0.4, 0.5) is 9.18 Å². The standard InChI is InChI=1S/C20H16FN3O2S/c1-20(14-5-3-2-4-6-14)18(25)24(19(26)23-20)11-16-12-27-17(22-16)13-7-9-15(21)10-8-13/h2-10,12H,11H2,1H3,(H,23,26). The molecule has 1 unspecified atom stereocenters. The summed E-state index contributed by atoms with van der Waals surface area (Å²) in [5.74, 6) is -0.620. The van der Waals surface area contributed by atoms with Crippen molar-refractivity contribution in [1.82, 2.24) is 15.2 Å². The van der Waals surface area contributed by atoms with E-state index in [0.717, 1.165) is 11.1 Å². The van der Waals surface area contributed by atoms with Gasteiger partial charge in [0.1, 0.15) is 16.4 Å². The van der Waals surface area contributed by atoms with Crippen LogP contribution in [0.3, 0.4) is 0 Å². The maximum Gasteiger partial charge on any atom is 0.325 e. The topological polar surface area (TPSA) is 62.3 Å². The van der Waals surface area contributed by atoms with Gasteiger partial charge in [0, 0.05) is 10.9 Å². The number of nitrogens with one attached hydrogen (secondary N) is 1. The molecule has 3 aromatic rings. The van der Waals surface area contributed by atoms with Crippen LogP contribution in [0.15, 0.2) is 60.0 Å². The van der Waals surface area contributed by atoms with Gasteiger partial charge in [0.05, 0.1) is 12.2 Å². The minimum absolute atomic E-state index is 0.0881. The number of aromatic nitrogens is 1. The Hall–Kier alpha value is -3.06. The van der Waals surface area contributed by atoms with E-state index in [2.05, 4.69) is 10.3 Å². The second-order valence-electron chi connectivity index (χ2n) is 6.46. The van der Waals surface area contributed by atoms with E-state index in [1.807, 2.05) is 30.3 Å². The van der Waals surface area contributed by atoms with Gasteiger partial charge in [0.15, 0.2) is 0 Å². The van der Waals surface area contributed by atoms with E-state index in [-0.39, 0.29) is 18.3 Å². The lowest BCUT2D eigenvalue weighted by molar-refractivity contribution is -0.131. The van der Waals surface area contributed by atoms with Crippen molar-refractivity contribution in [2.24, 2.45) is 0 Å².